The van der Waals surface area contributed by atoms with Gasteiger partial charge in [0.05, 0.1) is 24.2 Å². The number of sulfonamides is 1. The maximum absolute atomic E-state index is 12.4. The van der Waals surface area contributed by atoms with Gasteiger partial charge in [0, 0.05) is 5.75 Å². The minimum atomic E-state index is -3.83. The fourth-order valence-corrected chi connectivity index (χ4v) is 5.86. The molecule has 1 N–H and O–H groups in total. The van der Waals surface area contributed by atoms with Crippen LogP contribution in [0.4, 0.5) is 0 Å². The van der Waals surface area contributed by atoms with Crippen molar-refractivity contribution in [1.82, 2.24) is 4.31 Å². The first-order valence-corrected chi connectivity index (χ1v) is 9.37. The van der Waals surface area contributed by atoms with Crippen LogP contribution in [0.2, 0.25) is 0 Å². The second-order valence-electron chi connectivity index (χ2n) is 5.02. The SMILES string of the molecule is CCOC(=O)CCS(=O)(=O)N1C(C(=O)O)CSC1C(C)C. The van der Waals surface area contributed by atoms with Crippen LogP contribution in [-0.4, -0.2) is 59.3 Å². The van der Waals surface area contributed by atoms with Gasteiger partial charge in [0.25, 0.3) is 0 Å². The number of hydrogen-bond donors (Lipinski definition) is 1. The Morgan fingerprint density at radius 2 is 2.05 bits per heavy atom. The normalized spacial score (nSPS) is 23.4. The molecule has 2 atom stereocenters. The van der Waals surface area contributed by atoms with Crippen LogP contribution in [0.25, 0.3) is 0 Å². The third-order valence-electron chi connectivity index (χ3n) is 3.03. The molecule has 0 radical (unpaired) electrons. The summed E-state index contributed by atoms with van der Waals surface area (Å²) >= 11 is 1.32. The molecule has 122 valence electrons. The number of thioether (sulfide) groups is 1. The van der Waals surface area contributed by atoms with E-state index >= 15 is 0 Å². The molecule has 0 bridgehead atoms. The van der Waals surface area contributed by atoms with E-state index in [1.807, 2.05) is 13.8 Å². The lowest BCUT2D eigenvalue weighted by atomic mass is 10.2. The van der Waals surface area contributed by atoms with Crippen LogP contribution in [0.5, 0.6) is 0 Å². The molecule has 0 saturated carbocycles. The van der Waals surface area contributed by atoms with Crippen LogP contribution in [0, 0.1) is 5.92 Å². The van der Waals surface area contributed by atoms with Gasteiger partial charge in [0.2, 0.25) is 10.0 Å². The van der Waals surface area contributed by atoms with Gasteiger partial charge in [0.1, 0.15) is 6.04 Å². The van der Waals surface area contributed by atoms with Gasteiger partial charge in [-0.25, -0.2) is 8.42 Å². The van der Waals surface area contributed by atoms with Crippen LogP contribution in [-0.2, 0) is 24.3 Å². The number of rotatable bonds is 7. The van der Waals surface area contributed by atoms with Crippen LogP contribution in [0.1, 0.15) is 27.2 Å². The van der Waals surface area contributed by atoms with E-state index in [0.29, 0.717) is 0 Å². The summed E-state index contributed by atoms with van der Waals surface area (Å²) in [5.74, 6) is -1.99. The predicted molar refractivity (Wildman–Crippen MR) is 79.4 cm³/mol. The Morgan fingerprint density at radius 1 is 1.43 bits per heavy atom. The highest BCUT2D eigenvalue weighted by atomic mass is 32.2. The lowest BCUT2D eigenvalue weighted by molar-refractivity contribution is -0.142. The van der Waals surface area contributed by atoms with Gasteiger partial charge in [-0.15, -0.1) is 11.8 Å². The van der Waals surface area contributed by atoms with Gasteiger partial charge < -0.3 is 9.84 Å². The molecule has 1 rings (SSSR count). The predicted octanol–water partition coefficient (Wildman–Crippen LogP) is 0.754. The average Bonchev–Trinajstić information content (AvgIpc) is 2.82. The molecular weight excluding hydrogens is 318 g/mol. The van der Waals surface area contributed by atoms with Crippen molar-refractivity contribution in [1.29, 1.82) is 0 Å². The maximum atomic E-state index is 12.4. The molecule has 1 fully saturated rings. The van der Waals surface area contributed by atoms with Crippen molar-refractivity contribution < 1.29 is 27.9 Å². The summed E-state index contributed by atoms with van der Waals surface area (Å²) in [6.45, 7) is 5.51. The molecule has 2 unspecified atom stereocenters. The Morgan fingerprint density at radius 3 is 2.52 bits per heavy atom. The van der Waals surface area contributed by atoms with Crippen LogP contribution < -0.4 is 0 Å². The Labute approximate surface area is 129 Å². The number of carboxylic acids is 1. The zero-order valence-electron chi connectivity index (χ0n) is 12.3. The van der Waals surface area contributed by atoms with Gasteiger partial charge in [-0.05, 0) is 12.8 Å². The number of carboxylic acid groups (broad SMARTS) is 1. The van der Waals surface area contributed by atoms with Crippen molar-refractivity contribution in [2.24, 2.45) is 5.92 Å². The second-order valence-corrected chi connectivity index (χ2v) is 8.17. The standard InChI is InChI=1S/C12H21NO6S2/c1-4-19-10(14)5-6-21(17,18)13-9(12(15)16)7-20-11(13)8(2)3/h8-9,11H,4-7H2,1-3H3,(H,15,16). The molecule has 0 spiro atoms. The first kappa shape index (κ1) is 18.2. The Bertz CT molecular complexity index is 490. The highest BCUT2D eigenvalue weighted by molar-refractivity contribution is 8.01. The molecule has 0 aliphatic carbocycles. The van der Waals surface area contributed by atoms with Crippen molar-refractivity contribution >= 4 is 33.7 Å². The molecule has 0 amide bonds. The Balaban J connectivity index is 2.89. The number of hydrogen-bond acceptors (Lipinski definition) is 6. The number of aliphatic carboxylic acids is 1. The summed E-state index contributed by atoms with van der Waals surface area (Å²) < 4.78 is 30.6. The largest absolute Gasteiger partial charge is 0.480 e. The molecule has 1 aliphatic heterocycles. The minimum absolute atomic E-state index is 0.0169. The quantitative estimate of drug-likeness (QED) is 0.683. The zero-order chi connectivity index (χ0) is 16.2. The number of carbonyl (C=O) groups is 2. The summed E-state index contributed by atoms with van der Waals surface area (Å²) in [5, 5.41) is 8.78. The molecule has 0 aromatic heterocycles. The van der Waals surface area contributed by atoms with Crippen LogP contribution in [0.15, 0.2) is 0 Å². The monoisotopic (exact) mass is 339 g/mol. The van der Waals surface area contributed by atoms with Crippen molar-refractivity contribution in [3.63, 3.8) is 0 Å². The Kier molecular flexibility index (Phi) is 6.48. The molecule has 1 saturated heterocycles. The smallest absolute Gasteiger partial charge is 0.322 e. The third-order valence-corrected chi connectivity index (χ3v) is 6.63. The van der Waals surface area contributed by atoms with E-state index in [1.165, 1.54) is 11.8 Å². The van der Waals surface area contributed by atoms with E-state index < -0.39 is 39.1 Å². The molecule has 0 aromatic rings. The number of ether oxygens (including phenoxy) is 1. The van der Waals surface area contributed by atoms with E-state index in [4.69, 9.17) is 4.74 Å². The van der Waals surface area contributed by atoms with Crippen molar-refractivity contribution in [2.75, 3.05) is 18.1 Å². The first-order chi connectivity index (χ1) is 9.70. The van der Waals surface area contributed by atoms with Gasteiger partial charge in [-0.1, -0.05) is 13.8 Å². The number of esters is 1. The van der Waals surface area contributed by atoms with E-state index in [-0.39, 0.29) is 24.7 Å². The second kappa shape index (κ2) is 7.46. The zero-order valence-corrected chi connectivity index (χ0v) is 13.9. The van der Waals surface area contributed by atoms with Crippen molar-refractivity contribution in [3.8, 4) is 0 Å². The lowest BCUT2D eigenvalue weighted by Gasteiger charge is -2.28. The van der Waals surface area contributed by atoms with Crippen LogP contribution >= 0.6 is 11.8 Å². The summed E-state index contributed by atoms with van der Waals surface area (Å²) in [7, 11) is -3.83. The van der Waals surface area contributed by atoms with Crippen molar-refractivity contribution in [2.45, 2.75) is 38.6 Å². The Hall–Kier alpha value is -0.800. The number of carbonyl (C=O) groups excluding carboxylic acids is 1. The molecule has 1 heterocycles. The third kappa shape index (κ3) is 4.58. The molecule has 21 heavy (non-hydrogen) atoms. The van der Waals surface area contributed by atoms with E-state index in [1.54, 1.807) is 6.92 Å². The van der Waals surface area contributed by atoms with E-state index in [9.17, 15) is 23.1 Å². The van der Waals surface area contributed by atoms with Gasteiger partial charge >= 0.3 is 11.9 Å². The average molecular weight is 339 g/mol. The maximum Gasteiger partial charge on any atom is 0.322 e. The summed E-state index contributed by atoms with van der Waals surface area (Å²) in [5.41, 5.74) is 0. The molecular formula is C12H21NO6S2. The fourth-order valence-electron chi connectivity index (χ4n) is 2.08. The summed E-state index contributed by atoms with van der Waals surface area (Å²) in [6, 6.07) is -1.07. The summed E-state index contributed by atoms with van der Waals surface area (Å²) in [4.78, 5) is 22.6. The fraction of sp³-hybridized carbons (Fsp3) is 0.833. The topological polar surface area (TPSA) is 101 Å². The van der Waals surface area contributed by atoms with Crippen molar-refractivity contribution in [3.05, 3.63) is 0 Å². The summed E-state index contributed by atoms with van der Waals surface area (Å²) in [6.07, 6.45) is -0.269. The molecule has 0 aromatic carbocycles. The van der Waals surface area contributed by atoms with Crippen LogP contribution in [0.3, 0.4) is 0 Å². The van der Waals surface area contributed by atoms with E-state index in [2.05, 4.69) is 0 Å². The van der Waals surface area contributed by atoms with E-state index in [0.717, 1.165) is 4.31 Å². The number of nitrogens with zero attached hydrogens (tertiary/aromatic N) is 1. The minimum Gasteiger partial charge on any atom is -0.480 e. The first-order valence-electron chi connectivity index (χ1n) is 6.72. The highest BCUT2D eigenvalue weighted by Gasteiger charge is 2.46. The molecule has 1 aliphatic rings. The lowest BCUT2D eigenvalue weighted by Crippen LogP contribution is -2.48. The van der Waals surface area contributed by atoms with Gasteiger partial charge in [-0.3, -0.25) is 9.59 Å². The van der Waals surface area contributed by atoms with Gasteiger partial charge in [-0.2, -0.15) is 4.31 Å². The molecule has 9 heteroatoms. The van der Waals surface area contributed by atoms with Gasteiger partial charge in [0.15, 0.2) is 0 Å². The molecule has 7 nitrogen and oxygen atoms in total. The highest BCUT2D eigenvalue weighted by Crippen LogP contribution is 2.36.